The molecule has 2 saturated carbocycles. The third kappa shape index (κ3) is 6.64. The number of hydrogen-bond donors (Lipinski definition) is 4. The molecule has 0 unspecified atom stereocenters. The Balaban J connectivity index is 1.21. The summed E-state index contributed by atoms with van der Waals surface area (Å²) in [5, 5.41) is 23.5. The lowest BCUT2D eigenvalue weighted by atomic mass is 9.84. The number of hydrogen-bond acceptors (Lipinski definition) is 6. The van der Waals surface area contributed by atoms with E-state index in [2.05, 4.69) is 22.8 Å². The molecule has 3 aliphatic rings. The number of carbonyl (C=O) groups excluding carboxylic acids is 4. The van der Waals surface area contributed by atoms with Gasteiger partial charge in [-0.3, -0.25) is 24.2 Å². The molecule has 11 nitrogen and oxygen atoms in total. The molecule has 0 saturated heterocycles. The second kappa shape index (κ2) is 13.1. The summed E-state index contributed by atoms with van der Waals surface area (Å²) in [5.74, 6) is -2.10. The highest BCUT2D eigenvalue weighted by Gasteiger charge is 2.44. The minimum atomic E-state index is -1.71. The number of anilines is 2. The van der Waals surface area contributed by atoms with Crippen LogP contribution in [0.3, 0.4) is 0 Å². The smallest absolute Gasteiger partial charge is 0.334 e. The Labute approximate surface area is 266 Å². The number of nitrogens with zero attached hydrogens (tertiary/aromatic N) is 2. The maximum atomic E-state index is 13.8. The molecule has 46 heavy (non-hydrogen) atoms. The van der Waals surface area contributed by atoms with E-state index in [1.807, 2.05) is 12.1 Å². The number of aliphatic hydroxyl groups is 1. The van der Waals surface area contributed by atoms with Gasteiger partial charge in [0.25, 0.3) is 17.7 Å². The van der Waals surface area contributed by atoms with E-state index in [4.69, 9.17) is 5.11 Å². The second-order valence-corrected chi connectivity index (χ2v) is 12.2. The van der Waals surface area contributed by atoms with Crippen LogP contribution in [0.2, 0.25) is 0 Å². The van der Waals surface area contributed by atoms with E-state index in [-0.39, 0.29) is 35.5 Å². The zero-order valence-corrected chi connectivity index (χ0v) is 25.3. The molecule has 0 spiro atoms. The van der Waals surface area contributed by atoms with Gasteiger partial charge >= 0.3 is 12.0 Å². The van der Waals surface area contributed by atoms with Crippen LogP contribution in [-0.4, -0.2) is 63.5 Å². The summed E-state index contributed by atoms with van der Waals surface area (Å²) >= 11 is 0. The third-order valence-corrected chi connectivity index (χ3v) is 8.91. The monoisotopic (exact) mass is 624 g/mol. The first-order chi connectivity index (χ1) is 22.2. The zero-order chi connectivity index (χ0) is 32.4. The molecule has 1 atom stereocenters. The molecule has 0 bridgehead atoms. The van der Waals surface area contributed by atoms with Crippen LogP contribution in [0.1, 0.15) is 93.1 Å². The van der Waals surface area contributed by atoms with E-state index < -0.39 is 30.6 Å². The van der Waals surface area contributed by atoms with Crippen molar-refractivity contribution in [2.24, 2.45) is 0 Å². The Morgan fingerprint density at radius 3 is 2.17 bits per heavy atom. The molecule has 1 heterocycles. The molecule has 4 N–H and O–H groups in total. The van der Waals surface area contributed by atoms with Gasteiger partial charge in [0.15, 0.2) is 6.10 Å². The number of fused-ring (bicyclic) bond motifs is 1. The minimum Gasteiger partial charge on any atom is -0.479 e. The van der Waals surface area contributed by atoms with Gasteiger partial charge in [0.2, 0.25) is 0 Å². The van der Waals surface area contributed by atoms with Gasteiger partial charge in [0.05, 0.1) is 24.2 Å². The van der Waals surface area contributed by atoms with Gasteiger partial charge in [-0.05, 0) is 85.2 Å². The summed E-state index contributed by atoms with van der Waals surface area (Å²) in [6.07, 6.45) is 5.89. The van der Waals surface area contributed by atoms with Crippen LogP contribution in [0.5, 0.6) is 0 Å². The summed E-state index contributed by atoms with van der Waals surface area (Å²) < 4.78 is 0. The molecule has 1 aliphatic heterocycles. The van der Waals surface area contributed by atoms with Gasteiger partial charge in [-0.15, -0.1) is 0 Å². The maximum Gasteiger partial charge on any atom is 0.334 e. The van der Waals surface area contributed by atoms with Crippen LogP contribution >= 0.6 is 0 Å². The molecule has 3 aromatic rings. The molecule has 3 aromatic carbocycles. The molecule has 238 valence electrons. The minimum absolute atomic E-state index is 0.0497. The predicted octanol–water partition coefficient (Wildman–Crippen LogP) is 4.91. The van der Waals surface area contributed by atoms with E-state index in [9.17, 15) is 29.1 Å². The van der Waals surface area contributed by atoms with Crippen LogP contribution in [0, 0.1) is 0 Å². The number of benzene rings is 3. The summed E-state index contributed by atoms with van der Waals surface area (Å²) in [4.78, 5) is 65.7. The van der Waals surface area contributed by atoms with E-state index in [0.29, 0.717) is 22.9 Å². The molecule has 2 fully saturated rings. The van der Waals surface area contributed by atoms with Gasteiger partial charge < -0.3 is 20.8 Å². The number of amides is 5. The molecule has 6 rings (SSSR count). The van der Waals surface area contributed by atoms with Crippen molar-refractivity contribution in [1.29, 1.82) is 0 Å². The van der Waals surface area contributed by atoms with Crippen molar-refractivity contribution in [1.82, 2.24) is 10.2 Å². The Morgan fingerprint density at radius 2 is 1.52 bits per heavy atom. The number of imide groups is 1. The van der Waals surface area contributed by atoms with Crippen molar-refractivity contribution < 1.29 is 34.2 Å². The lowest BCUT2D eigenvalue weighted by Gasteiger charge is -2.26. The maximum absolute atomic E-state index is 13.8. The number of carboxylic acids is 1. The average molecular weight is 625 g/mol. The summed E-state index contributed by atoms with van der Waals surface area (Å²) in [6, 6.07) is 18.8. The summed E-state index contributed by atoms with van der Waals surface area (Å²) in [6.45, 7) is -0.270. The van der Waals surface area contributed by atoms with Crippen molar-refractivity contribution in [2.45, 2.75) is 69.6 Å². The molecule has 0 radical (unpaired) electrons. The first kappa shape index (κ1) is 31.0. The standard InChI is InChI=1S/C35H36N4O7/c40-30(34(44)45)19-36-31(41)24-8-6-21(7-9-24)20-38(26-13-10-23(11-14-26)22-4-2-1-3-5-22)35(46)37-25-12-17-28-29(18-25)33(43)39(32(28)42)27-15-16-27/h6-14,17-18,22,27,30,40H,1-5,15-16,19-20H2,(H,36,41)(H,37,46)(H,44,45)/t30-/m1/s1. The van der Waals surface area contributed by atoms with E-state index >= 15 is 0 Å². The fourth-order valence-corrected chi connectivity index (χ4v) is 6.16. The van der Waals surface area contributed by atoms with Crippen molar-refractivity contribution in [3.05, 3.63) is 94.5 Å². The highest BCUT2D eigenvalue weighted by molar-refractivity contribution is 6.22. The molecular weight excluding hydrogens is 588 g/mol. The summed E-state index contributed by atoms with van der Waals surface area (Å²) in [5.41, 5.74) is 3.91. The highest BCUT2D eigenvalue weighted by atomic mass is 16.4. The lowest BCUT2D eigenvalue weighted by molar-refractivity contribution is -0.146. The number of carboxylic acid groups (broad SMARTS) is 1. The Morgan fingerprint density at radius 1 is 0.848 bits per heavy atom. The number of carbonyl (C=O) groups is 5. The van der Waals surface area contributed by atoms with Crippen LogP contribution in [0.15, 0.2) is 66.7 Å². The van der Waals surface area contributed by atoms with Crippen LogP contribution in [-0.2, 0) is 11.3 Å². The Bertz CT molecular complexity index is 1660. The molecular formula is C35H36N4O7. The Kier molecular flexibility index (Phi) is 8.85. The normalized spacial score (nSPS) is 16.9. The van der Waals surface area contributed by atoms with Gasteiger partial charge in [-0.1, -0.05) is 43.5 Å². The highest BCUT2D eigenvalue weighted by Crippen LogP contribution is 2.36. The second-order valence-electron chi connectivity index (χ2n) is 12.2. The predicted molar refractivity (Wildman–Crippen MR) is 170 cm³/mol. The number of urea groups is 1. The molecule has 0 aromatic heterocycles. The zero-order valence-electron chi connectivity index (χ0n) is 25.3. The summed E-state index contributed by atoms with van der Waals surface area (Å²) in [7, 11) is 0. The van der Waals surface area contributed by atoms with Gasteiger partial charge in [0, 0.05) is 23.0 Å². The average Bonchev–Trinajstić information content (AvgIpc) is 3.88. The quantitative estimate of drug-likeness (QED) is 0.234. The third-order valence-electron chi connectivity index (χ3n) is 8.91. The van der Waals surface area contributed by atoms with Crippen LogP contribution in [0.4, 0.5) is 16.2 Å². The first-order valence-electron chi connectivity index (χ1n) is 15.7. The number of aliphatic carboxylic acids is 1. The van der Waals surface area contributed by atoms with Crippen molar-refractivity contribution >= 4 is 41.1 Å². The topological polar surface area (TPSA) is 156 Å². The van der Waals surface area contributed by atoms with Crippen molar-refractivity contribution in [3.63, 3.8) is 0 Å². The first-order valence-corrected chi connectivity index (χ1v) is 15.7. The van der Waals surface area contributed by atoms with Crippen LogP contribution < -0.4 is 15.5 Å². The molecule has 11 heteroatoms. The van der Waals surface area contributed by atoms with Crippen molar-refractivity contribution in [2.75, 3.05) is 16.8 Å². The number of nitrogens with one attached hydrogen (secondary N) is 2. The molecule has 5 amide bonds. The van der Waals surface area contributed by atoms with Crippen LogP contribution in [0.25, 0.3) is 0 Å². The Hall–Kier alpha value is -5.03. The SMILES string of the molecule is O=C(NC[C@@H](O)C(=O)O)c1ccc(CN(C(=O)Nc2ccc3c(c2)C(=O)N(C2CC2)C3=O)c2ccc(C3CCCCC3)cc2)cc1. The van der Waals surface area contributed by atoms with Gasteiger partial charge in [-0.25, -0.2) is 9.59 Å². The number of aliphatic hydroxyl groups excluding tert-OH is 1. The van der Waals surface area contributed by atoms with E-state index in [0.717, 1.165) is 31.2 Å². The van der Waals surface area contributed by atoms with Gasteiger partial charge in [0.1, 0.15) is 0 Å². The largest absolute Gasteiger partial charge is 0.479 e. The van der Waals surface area contributed by atoms with E-state index in [1.54, 1.807) is 47.4 Å². The fourth-order valence-electron chi connectivity index (χ4n) is 6.16. The number of rotatable bonds is 10. The van der Waals surface area contributed by atoms with E-state index in [1.165, 1.54) is 29.7 Å². The lowest BCUT2D eigenvalue weighted by Crippen LogP contribution is -2.36. The van der Waals surface area contributed by atoms with Gasteiger partial charge in [-0.2, -0.15) is 0 Å². The fraction of sp³-hybridized carbons (Fsp3) is 0.343. The molecule has 2 aliphatic carbocycles. The van der Waals surface area contributed by atoms with Crippen molar-refractivity contribution in [3.8, 4) is 0 Å².